The fourth-order valence-corrected chi connectivity index (χ4v) is 3.19. The van der Waals surface area contributed by atoms with Gasteiger partial charge in [-0.2, -0.15) is 5.10 Å². The van der Waals surface area contributed by atoms with Crippen LogP contribution in [0.5, 0.6) is 11.5 Å². The first-order valence-corrected chi connectivity index (χ1v) is 8.77. The van der Waals surface area contributed by atoms with Gasteiger partial charge in [-0.25, -0.2) is 18.7 Å². The minimum atomic E-state index is -0.548. The summed E-state index contributed by atoms with van der Waals surface area (Å²) in [7, 11) is 1.30. The van der Waals surface area contributed by atoms with Gasteiger partial charge in [-0.15, -0.1) is 0 Å². The molecule has 144 valence electrons. The summed E-state index contributed by atoms with van der Waals surface area (Å²) in [6, 6.07) is 14.7. The van der Waals surface area contributed by atoms with Crippen molar-refractivity contribution in [3.8, 4) is 34.0 Å². The predicted molar refractivity (Wildman–Crippen MR) is 101 cm³/mol. The van der Waals surface area contributed by atoms with Crippen LogP contribution >= 0.6 is 0 Å². The Balaban J connectivity index is 1.68. The summed E-state index contributed by atoms with van der Waals surface area (Å²) in [6.07, 6.45) is 0. The van der Waals surface area contributed by atoms with Crippen LogP contribution in [0.2, 0.25) is 0 Å². The highest BCUT2D eigenvalue weighted by atomic mass is 19.1. The van der Waals surface area contributed by atoms with Crippen molar-refractivity contribution < 1.29 is 23.4 Å². The van der Waals surface area contributed by atoms with Crippen molar-refractivity contribution in [3.05, 3.63) is 66.1 Å². The molecule has 7 nitrogen and oxygen atoms in total. The van der Waals surface area contributed by atoms with Crippen LogP contribution < -0.4 is 9.47 Å². The maximum Gasteiger partial charge on any atom is 0.356 e. The maximum absolute atomic E-state index is 13.2. The monoisotopic (exact) mass is 391 g/mol. The Labute approximate surface area is 164 Å². The predicted octanol–water partition coefficient (Wildman–Crippen LogP) is 3.72. The summed E-state index contributed by atoms with van der Waals surface area (Å²) in [5, 5.41) is 4.46. The zero-order valence-corrected chi connectivity index (χ0v) is 15.3. The molecule has 0 saturated heterocycles. The molecule has 0 fully saturated rings. The number of ether oxygens (including phenoxy) is 3. The molecule has 3 heterocycles. The van der Waals surface area contributed by atoms with Crippen LogP contribution in [0.4, 0.5) is 4.39 Å². The molecule has 29 heavy (non-hydrogen) atoms. The molecular weight excluding hydrogens is 377 g/mol. The third kappa shape index (κ3) is 2.94. The molecule has 4 aromatic rings. The van der Waals surface area contributed by atoms with E-state index in [4.69, 9.17) is 14.2 Å². The fourth-order valence-electron chi connectivity index (χ4n) is 3.19. The Kier molecular flexibility index (Phi) is 3.90. The SMILES string of the molecule is COC(=O)c1cc(-c2ccc3c(c2)OCO3)nc2cc(-c3ccc(F)cc3)nn12. The number of hydrogen-bond donors (Lipinski definition) is 0. The van der Waals surface area contributed by atoms with E-state index < -0.39 is 5.97 Å². The Morgan fingerprint density at radius 2 is 1.76 bits per heavy atom. The minimum Gasteiger partial charge on any atom is -0.464 e. The molecule has 0 saturated carbocycles. The van der Waals surface area contributed by atoms with E-state index in [0.29, 0.717) is 34.1 Å². The van der Waals surface area contributed by atoms with Gasteiger partial charge in [0.1, 0.15) is 5.82 Å². The van der Waals surface area contributed by atoms with Crippen molar-refractivity contribution in [3.63, 3.8) is 0 Å². The van der Waals surface area contributed by atoms with Crippen LogP contribution in [0.1, 0.15) is 10.5 Å². The van der Waals surface area contributed by atoms with E-state index in [1.807, 2.05) is 6.07 Å². The number of methoxy groups -OCH3 is 1. The van der Waals surface area contributed by atoms with Gasteiger partial charge in [0.15, 0.2) is 22.8 Å². The summed E-state index contributed by atoms with van der Waals surface area (Å²) in [5.74, 6) is 0.388. The van der Waals surface area contributed by atoms with Crippen LogP contribution in [-0.4, -0.2) is 34.5 Å². The molecule has 0 aliphatic carbocycles. The number of hydrogen-bond acceptors (Lipinski definition) is 6. The molecule has 2 aromatic heterocycles. The molecule has 2 aromatic carbocycles. The largest absolute Gasteiger partial charge is 0.464 e. The number of rotatable bonds is 3. The highest BCUT2D eigenvalue weighted by Gasteiger charge is 2.19. The van der Waals surface area contributed by atoms with Crippen LogP contribution in [-0.2, 0) is 4.74 Å². The number of carbonyl (C=O) groups is 1. The lowest BCUT2D eigenvalue weighted by molar-refractivity contribution is 0.0590. The van der Waals surface area contributed by atoms with Gasteiger partial charge < -0.3 is 14.2 Å². The van der Waals surface area contributed by atoms with Crippen LogP contribution in [0.15, 0.2) is 54.6 Å². The lowest BCUT2D eigenvalue weighted by Gasteiger charge is -2.07. The summed E-state index contributed by atoms with van der Waals surface area (Å²) < 4.78 is 30.3. The van der Waals surface area contributed by atoms with E-state index in [0.717, 1.165) is 5.56 Å². The Morgan fingerprint density at radius 1 is 1.00 bits per heavy atom. The number of fused-ring (bicyclic) bond motifs is 2. The molecule has 0 spiro atoms. The van der Waals surface area contributed by atoms with Gasteiger partial charge in [-0.05, 0) is 48.5 Å². The zero-order valence-electron chi connectivity index (χ0n) is 15.3. The van der Waals surface area contributed by atoms with Gasteiger partial charge >= 0.3 is 5.97 Å². The van der Waals surface area contributed by atoms with Gasteiger partial charge in [0, 0.05) is 17.2 Å². The second kappa shape index (κ2) is 6.59. The molecule has 0 N–H and O–H groups in total. The molecule has 0 unspecified atom stereocenters. The standard InChI is InChI=1S/C21H14FN3O4/c1-27-21(26)17-9-15(13-4-7-18-19(8-13)29-11-28-18)23-20-10-16(24-25(17)20)12-2-5-14(22)6-3-12/h2-10H,11H2,1H3. The Hall–Kier alpha value is -3.94. The second-order valence-electron chi connectivity index (χ2n) is 6.39. The number of esters is 1. The smallest absolute Gasteiger partial charge is 0.356 e. The van der Waals surface area contributed by atoms with E-state index in [9.17, 15) is 9.18 Å². The number of aromatic nitrogens is 3. The summed E-state index contributed by atoms with van der Waals surface area (Å²) >= 11 is 0. The third-order valence-corrected chi connectivity index (χ3v) is 4.63. The van der Waals surface area contributed by atoms with Gasteiger partial charge in [0.25, 0.3) is 0 Å². The molecular formula is C21H14FN3O4. The van der Waals surface area contributed by atoms with Crippen molar-refractivity contribution in [2.75, 3.05) is 13.9 Å². The quantitative estimate of drug-likeness (QED) is 0.496. The minimum absolute atomic E-state index is 0.169. The first kappa shape index (κ1) is 17.2. The van der Waals surface area contributed by atoms with Gasteiger partial charge in [-0.3, -0.25) is 0 Å². The molecule has 1 aliphatic rings. The number of nitrogens with zero attached hydrogens (tertiary/aromatic N) is 3. The average molecular weight is 391 g/mol. The molecule has 0 radical (unpaired) electrons. The van der Waals surface area contributed by atoms with E-state index in [-0.39, 0.29) is 18.3 Å². The lowest BCUT2D eigenvalue weighted by Crippen LogP contribution is -2.10. The lowest BCUT2D eigenvalue weighted by atomic mass is 10.1. The van der Waals surface area contributed by atoms with Crippen molar-refractivity contribution in [1.29, 1.82) is 0 Å². The molecule has 5 rings (SSSR count). The first-order chi connectivity index (χ1) is 14.1. The van der Waals surface area contributed by atoms with Crippen molar-refractivity contribution >= 4 is 11.6 Å². The number of carbonyl (C=O) groups excluding carboxylic acids is 1. The van der Waals surface area contributed by atoms with Crippen LogP contribution in [0, 0.1) is 5.82 Å². The summed E-state index contributed by atoms with van der Waals surface area (Å²) in [4.78, 5) is 17.0. The zero-order chi connectivity index (χ0) is 20.0. The normalized spacial score (nSPS) is 12.3. The van der Waals surface area contributed by atoms with Crippen molar-refractivity contribution in [2.45, 2.75) is 0 Å². The Bertz CT molecular complexity index is 1250. The van der Waals surface area contributed by atoms with Crippen molar-refractivity contribution in [1.82, 2.24) is 14.6 Å². The molecule has 0 bridgehead atoms. The molecule has 8 heteroatoms. The van der Waals surface area contributed by atoms with Gasteiger partial charge in [0.05, 0.1) is 18.5 Å². The van der Waals surface area contributed by atoms with E-state index in [2.05, 4.69) is 10.1 Å². The molecule has 0 atom stereocenters. The van der Waals surface area contributed by atoms with Crippen molar-refractivity contribution in [2.24, 2.45) is 0 Å². The Morgan fingerprint density at radius 3 is 2.55 bits per heavy atom. The first-order valence-electron chi connectivity index (χ1n) is 8.77. The summed E-state index contributed by atoms with van der Waals surface area (Å²) in [6.45, 7) is 0.169. The fraction of sp³-hybridized carbons (Fsp3) is 0.0952. The second-order valence-corrected chi connectivity index (χ2v) is 6.39. The van der Waals surface area contributed by atoms with Gasteiger partial charge in [0.2, 0.25) is 6.79 Å². The van der Waals surface area contributed by atoms with Crippen LogP contribution in [0.25, 0.3) is 28.2 Å². The highest BCUT2D eigenvalue weighted by molar-refractivity contribution is 5.90. The average Bonchev–Trinajstić information content (AvgIpc) is 3.39. The van der Waals surface area contributed by atoms with E-state index in [1.165, 1.54) is 23.8 Å². The maximum atomic E-state index is 13.2. The summed E-state index contributed by atoms with van der Waals surface area (Å²) in [5.41, 5.74) is 3.26. The number of halogens is 1. The highest BCUT2D eigenvalue weighted by Crippen LogP contribution is 2.36. The topological polar surface area (TPSA) is 75.0 Å². The third-order valence-electron chi connectivity index (χ3n) is 4.63. The van der Waals surface area contributed by atoms with E-state index in [1.54, 1.807) is 36.4 Å². The molecule has 0 amide bonds. The van der Waals surface area contributed by atoms with Crippen LogP contribution in [0.3, 0.4) is 0 Å². The van der Waals surface area contributed by atoms with Gasteiger partial charge in [-0.1, -0.05) is 0 Å². The van der Waals surface area contributed by atoms with E-state index >= 15 is 0 Å². The number of benzene rings is 2. The molecule has 1 aliphatic heterocycles.